The molecule has 11 heteroatoms. The van der Waals surface area contributed by atoms with Crippen molar-refractivity contribution < 1.29 is 22.7 Å². The molecule has 2 aromatic rings. The molecule has 0 saturated carbocycles. The van der Waals surface area contributed by atoms with Gasteiger partial charge in [0.05, 0.1) is 16.6 Å². The standard InChI is InChI=1S/C25H34N4O5S2/c1-24(2)13-18-19(21(26)30)23(35-20(18)25(3,4)28-24)27-22(31)15-8-10-17(11-9-15)36(32,33)29(5)14-16-7-6-12-34-16/h8-11,16,28H,6-7,12-14H2,1-5H3,(H2,26,30)(H,27,31)/t16-/m1/s1. The Morgan fingerprint density at radius 1 is 1.22 bits per heavy atom. The molecule has 0 radical (unpaired) electrons. The Kier molecular flexibility index (Phi) is 7.08. The summed E-state index contributed by atoms with van der Waals surface area (Å²) in [5, 5.41) is 6.82. The van der Waals surface area contributed by atoms with Crippen molar-refractivity contribution in [2.24, 2.45) is 5.73 Å². The molecule has 0 unspecified atom stereocenters. The summed E-state index contributed by atoms with van der Waals surface area (Å²) in [4.78, 5) is 26.5. The number of nitrogens with two attached hydrogens (primary N) is 1. The van der Waals surface area contributed by atoms with E-state index in [-0.39, 0.29) is 28.6 Å². The van der Waals surface area contributed by atoms with E-state index in [0.29, 0.717) is 23.6 Å². The molecule has 36 heavy (non-hydrogen) atoms. The normalized spacial score (nSPS) is 20.8. The van der Waals surface area contributed by atoms with Crippen LogP contribution in [0.2, 0.25) is 0 Å². The molecule has 0 spiro atoms. The van der Waals surface area contributed by atoms with E-state index in [4.69, 9.17) is 10.5 Å². The van der Waals surface area contributed by atoms with E-state index in [0.717, 1.165) is 23.3 Å². The van der Waals surface area contributed by atoms with Gasteiger partial charge in [-0.3, -0.25) is 9.59 Å². The average Bonchev–Trinajstić information content (AvgIpc) is 3.40. The Balaban J connectivity index is 1.55. The van der Waals surface area contributed by atoms with Gasteiger partial charge in [0.1, 0.15) is 5.00 Å². The molecule has 2 amide bonds. The first-order chi connectivity index (χ1) is 16.7. The lowest BCUT2D eigenvalue weighted by atomic mass is 9.81. The predicted octanol–water partition coefficient (Wildman–Crippen LogP) is 3.06. The minimum Gasteiger partial charge on any atom is -0.377 e. The first-order valence-corrected chi connectivity index (χ1v) is 14.2. The number of fused-ring (bicyclic) bond motifs is 1. The Hall–Kier alpha value is -2.31. The van der Waals surface area contributed by atoms with Crippen molar-refractivity contribution in [3.63, 3.8) is 0 Å². The second-order valence-electron chi connectivity index (χ2n) is 10.7. The second-order valence-corrected chi connectivity index (χ2v) is 13.8. The van der Waals surface area contributed by atoms with Crippen molar-refractivity contribution in [3.05, 3.63) is 45.8 Å². The highest BCUT2D eigenvalue weighted by Gasteiger charge is 2.41. The molecule has 0 bridgehead atoms. The van der Waals surface area contributed by atoms with Gasteiger partial charge in [-0.2, -0.15) is 4.31 Å². The number of likely N-dealkylation sites (N-methyl/N-ethyl adjacent to an activating group) is 1. The van der Waals surface area contributed by atoms with Crippen LogP contribution in [0.15, 0.2) is 29.2 Å². The molecule has 4 N–H and O–H groups in total. The monoisotopic (exact) mass is 534 g/mol. The Morgan fingerprint density at radius 2 is 1.89 bits per heavy atom. The number of nitrogens with one attached hydrogen (secondary N) is 2. The lowest BCUT2D eigenvalue weighted by Crippen LogP contribution is -2.55. The summed E-state index contributed by atoms with van der Waals surface area (Å²) in [6.07, 6.45) is 2.27. The molecular weight excluding hydrogens is 500 g/mol. The van der Waals surface area contributed by atoms with Gasteiger partial charge in [-0.15, -0.1) is 11.3 Å². The van der Waals surface area contributed by atoms with Crippen LogP contribution < -0.4 is 16.4 Å². The van der Waals surface area contributed by atoms with E-state index in [1.54, 1.807) is 0 Å². The number of ether oxygens (including phenoxy) is 1. The molecule has 1 fully saturated rings. The number of thiophene rings is 1. The Labute approximate surface area is 216 Å². The third kappa shape index (κ3) is 5.21. The zero-order chi connectivity index (χ0) is 26.5. The maximum Gasteiger partial charge on any atom is 0.256 e. The molecule has 9 nitrogen and oxygen atoms in total. The number of rotatable bonds is 7. The largest absolute Gasteiger partial charge is 0.377 e. The van der Waals surface area contributed by atoms with Gasteiger partial charge in [0.2, 0.25) is 10.0 Å². The number of anilines is 1. The first kappa shape index (κ1) is 26.7. The summed E-state index contributed by atoms with van der Waals surface area (Å²) >= 11 is 1.34. The number of benzene rings is 1. The highest BCUT2D eigenvalue weighted by atomic mass is 32.2. The van der Waals surface area contributed by atoms with Crippen molar-refractivity contribution in [2.75, 3.05) is 25.5 Å². The topological polar surface area (TPSA) is 131 Å². The van der Waals surface area contributed by atoms with Gasteiger partial charge in [0, 0.05) is 41.7 Å². The van der Waals surface area contributed by atoms with Gasteiger partial charge in [-0.25, -0.2) is 8.42 Å². The number of carbonyl (C=O) groups excluding carboxylic acids is 2. The van der Waals surface area contributed by atoms with Crippen molar-refractivity contribution in [1.29, 1.82) is 0 Å². The molecule has 3 heterocycles. The number of hydrogen-bond acceptors (Lipinski definition) is 7. The van der Waals surface area contributed by atoms with Gasteiger partial charge in [0.15, 0.2) is 0 Å². The smallest absolute Gasteiger partial charge is 0.256 e. The molecule has 1 atom stereocenters. The lowest BCUT2D eigenvalue weighted by molar-refractivity contribution is 0.0978. The molecule has 1 saturated heterocycles. The molecular formula is C25H34N4O5S2. The van der Waals surface area contributed by atoms with Crippen LogP contribution in [0.25, 0.3) is 0 Å². The van der Waals surface area contributed by atoms with Gasteiger partial charge in [0.25, 0.3) is 11.8 Å². The van der Waals surface area contributed by atoms with E-state index < -0.39 is 27.4 Å². The minimum absolute atomic E-state index is 0.0963. The Morgan fingerprint density at radius 3 is 2.47 bits per heavy atom. The van der Waals surface area contributed by atoms with Crippen LogP contribution in [0.3, 0.4) is 0 Å². The maximum atomic E-state index is 13.1. The number of amides is 2. The van der Waals surface area contributed by atoms with E-state index >= 15 is 0 Å². The van der Waals surface area contributed by atoms with Crippen molar-refractivity contribution in [1.82, 2.24) is 9.62 Å². The van der Waals surface area contributed by atoms with Crippen molar-refractivity contribution in [3.8, 4) is 0 Å². The lowest BCUT2D eigenvalue weighted by Gasteiger charge is -2.42. The number of nitrogens with zero attached hydrogens (tertiary/aromatic N) is 1. The van der Waals surface area contributed by atoms with Crippen LogP contribution in [-0.2, 0) is 26.7 Å². The fraction of sp³-hybridized carbons (Fsp3) is 0.520. The van der Waals surface area contributed by atoms with Gasteiger partial charge >= 0.3 is 0 Å². The zero-order valence-electron chi connectivity index (χ0n) is 21.3. The van der Waals surface area contributed by atoms with Crippen LogP contribution in [0.5, 0.6) is 0 Å². The van der Waals surface area contributed by atoms with Crippen molar-refractivity contribution in [2.45, 2.75) is 69.0 Å². The molecule has 1 aromatic heterocycles. The van der Waals surface area contributed by atoms with E-state index in [9.17, 15) is 18.0 Å². The summed E-state index contributed by atoms with van der Waals surface area (Å²) in [5.74, 6) is -1.04. The van der Waals surface area contributed by atoms with E-state index in [1.165, 1.54) is 47.0 Å². The third-order valence-corrected chi connectivity index (χ3v) is 9.94. The number of sulfonamides is 1. The van der Waals surface area contributed by atoms with Crippen LogP contribution in [-0.4, -0.2) is 56.4 Å². The summed E-state index contributed by atoms with van der Waals surface area (Å²) < 4.78 is 32.7. The van der Waals surface area contributed by atoms with Crippen LogP contribution >= 0.6 is 11.3 Å². The van der Waals surface area contributed by atoms with Gasteiger partial charge in [-0.1, -0.05) is 0 Å². The predicted molar refractivity (Wildman–Crippen MR) is 140 cm³/mol. The fourth-order valence-electron chi connectivity index (χ4n) is 5.18. The molecule has 196 valence electrons. The summed E-state index contributed by atoms with van der Waals surface area (Å²) in [5.41, 5.74) is 6.56. The zero-order valence-corrected chi connectivity index (χ0v) is 22.9. The summed E-state index contributed by atoms with van der Waals surface area (Å²) in [6.45, 7) is 9.13. The number of primary amides is 1. The number of hydrogen-bond donors (Lipinski definition) is 3. The van der Waals surface area contributed by atoms with Gasteiger partial charge in [-0.05, 0) is 76.8 Å². The average molecular weight is 535 g/mol. The van der Waals surface area contributed by atoms with Crippen LogP contribution in [0, 0.1) is 0 Å². The summed E-state index contributed by atoms with van der Waals surface area (Å²) in [7, 11) is -2.19. The van der Waals surface area contributed by atoms with Crippen LogP contribution in [0.4, 0.5) is 5.00 Å². The Bertz CT molecular complexity index is 1280. The molecule has 1 aromatic carbocycles. The molecule has 4 rings (SSSR count). The second kappa shape index (κ2) is 9.53. The van der Waals surface area contributed by atoms with Gasteiger partial charge < -0.3 is 21.1 Å². The van der Waals surface area contributed by atoms with Crippen molar-refractivity contribution >= 4 is 38.2 Å². The molecule has 2 aliphatic rings. The highest BCUT2D eigenvalue weighted by molar-refractivity contribution is 7.89. The quantitative estimate of drug-likeness (QED) is 0.500. The maximum absolute atomic E-state index is 13.1. The SMILES string of the molecule is CN(C[C@H]1CCCO1)S(=O)(=O)c1ccc(C(=O)Nc2sc3c(c2C(N)=O)CC(C)(C)NC3(C)C)cc1. The minimum atomic E-state index is -3.72. The number of carbonyl (C=O) groups is 2. The van der Waals surface area contributed by atoms with E-state index in [2.05, 4.69) is 24.5 Å². The third-order valence-electron chi connectivity index (χ3n) is 6.63. The highest BCUT2D eigenvalue weighted by Crippen LogP contribution is 2.45. The van der Waals surface area contributed by atoms with Crippen LogP contribution in [0.1, 0.15) is 71.7 Å². The summed E-state index contributed by atoms with van der Waals surface area (Å²) in [6, 6.07) is 5.77. The van der Waals surface area contributed by atoms with E-state index in [1.807, 2.05) is 13.8 Å². The molecule has 0 aliphatic carbocycles. The fourth-order valence-corrected chi connectivity index (χ4v) is 7.66. The molecule has 2 aliphatic heterocycles. The first-order valence-electron chi connectivity index (χ1n) is 12.0.